The minimum Gasteiger partial charge on any atom is -0.460 e. The number of ether oxygens (including phenoxy) is 1. The average molecular weight is 226 g/mol. The Hall–Kier alpha value is -0.860. The fourth-order valence-electron chi connectivity index (χ4n) is 2.07. The summed E-state index contributed by atoms with van der Waals surface area (Å²) in [7, 11) is 0. The van der Waals surface area contributed by atoms with Gasteiger partial charge in [-0.05, 0) is 25.7 Å². The summed E-state index contributed by atoms with van der Waals surface area (Å²) in [6.45, 7) is 4.20. The van der Waals surface area contributed by atoms with E-state index in [0.717, 1.165) is 12.8 Å². The predicted octanol–water partition coefficient (Wildman–Crippen LogP) is 2.73. The van der Waals surface area contributed by atoms with E-state index in [1.807, 2.05) is 0 Å². The third-order valence-corrected chi connectivity index (χ3v) is 3.16. The number of rotatable bonds is 8. The highest BCUT2D eigenvalue weighted by atomic mass is 16.5. The molecule has 0 aromatic rings. The van der Waals surface area contributed by atoms with Gasteiger partial charge in [0.05, 0.1) is 6.61 Å². The topological polar surface area (TPSA) is 43.4 Å². The highest BCUT2D eigenvalue weighted by Gasteiger charge is 2.45. The predicted molar refractivity (Wildman–Crippen MR) is 62.0 cm³/mol. The maximum absolute atomic E-state index is 11.5. The van der Waals surface area contributed by atoms with Crippen LogP contribution in [-0.4, -0.2) is 18.4 Å². The molecular formula is C13H22O3. The number of esters is 1. The summed E-state index contributed by atoms with van der Waals surface area (Å²) in [5.74, 6) is -0.514. The van der Waals surface area contributed by atoms with Gasteiger partial charge in [0.15, 0.2) is 0 Å². The maximum Gasteiger partial charge on any atom is 0.374 e. The molecule has 1 fully saturated rings. The van der Waals surface area contributed by atoms with E-state index in [0.29, 0.717) is 12.5 Å². The second-order valence-corrected chi connectivity index (χ2v) is 4.54. The second kappa shape index (κ2) is 6.66. The summed E-state index contributed by atoms with van der Waals surface area (Å²) < 4.78 is 4.71. The molecule has 92 valence electrons. The normalized spacial score (nSPS) is 22.9. The Balaban J connectivity index is 2.13. The Labute approximate surface area is 97.5 Å². The largest absolute Gasteiger partial charge is 0.460 e. The van der Waals surface area contributed by atoms with Gasteiger partial charge in [0, 0.05) is 5.92 Å². The Morgan fingerprint density at radius 2 is 1.94 bits per heavy atom. The van der Waals surface area contributed by atoms with Crippen molar-refractivity contribution in [2.75, 3.05) is 6.61 Å². The lowest BCUT2D eigenvalue weighted by Gasteiger charge is -2.00. The van der Waals surface area contributed by atoms with Crippen molar-refractivity contribution in [3.8, 4) is 0 Å². The van der Waals surface area contributed by atoms with Gasteiger partial charge in [-0.2, -0.15) is 0 Å². The Bertz CT molecular complexity index is 248. The summed E-state index contributed by atoms with van der Waals surface area (Å²) in [6.07, 6.45) is 6.91. The van der Waals surface area contributed by atoms with Gasteiger partial charge >= 0.3 is 5.97 Å². The monoisotopic (exact) mass is 226 g/mol. The van der Waals surface area contributed by atoms with Crippen molar-refractivity contribution in [2.45, 2.75) is 52.4 Å². The van der Waals surface area contributed by atoms with E-state index in [2.05, 4.69) is 6.92 Å². The van der Waals surface area contributed by atoms with Crippen LogP contribution in [0.25, 0.3) is 0 Å². The first-order valence-electron chi connectivity index (χ1n) is 6.41. The molecule has 2 atom stereocenters. The minimum absolute atomic E-state index is 0.0272. The van der Waals surface area contributed by atoms with Gasteiger partial charge in [-0.1, -0.05) is 32.6 Å². The number of carbonyl (C=O) groups excluding carboxylic acids is 2. The van der Waals surface area contributed by atoms with Gasteiger partial charge < -0.3 is 4.74 Å². The fraction of sp³-hybridized carbons (Fsp3) is 0.846. The van der Waals surface area contributed by atoms with Crippen LogP contribution in [0.15, 0.2) is 0 Å². The fourth-order valence-corrected chi connectivity index (χ4v) is 2.07. The van der Waals surface area contributed by atoms with Crippen LogP contribution in [0, 0.1) is 11.8 Å². The summed E-state index contributed by atoms with van der Waals surface area (Å²) in [4.78, 5) is 22.7. The van der Waals surface area contributed by atoms with Crippen molar-refractivity contribution in [1.82, 2.24) is 0 Å². The summed E-state index contributed by atoms with van der Waals surface area (Å²) in [5.41, 5.74) is 0. The van der Waals surface area contributed by atoms with Crippen LogP contribution in [0.2, 0.25) is 0 Å². The lowest BCUT2D eigenvalue weighted by molar-refractivity contribution is -0.154. The molecule has 3 nitrogen and oxygen atoms in total. The van der Waals surface area contributed by atoms with Gasteiger partial charge in [0.2, 0.25) is 5.78 Å². The molecule has 1 aliphatic rings. The molecule has 16 heavy (non-hydrogen) atoms. The number of carbonyl (C=O) groups is 2. The van der Waals surface area contributed by atoms with Crippen LogP contribution < -0.4 is 0 Å². The van der Waals surface area contributed by atoms with Crippen LogP contribution in [0.1, 0.15) is 52.4 Å². The van der Waals surface area contributed by atoms with Crippen molar-refractivity contribution in [3.05, 3.63) is 0 Å². The van der Waals surface area contributed by atoms with Gasteiger partial charge in [-0.15, -0.1) is 0 Å². The standard InChI is InChI=1S/C13H22O3/c1-3-5-6-7-8-10-9-11(10)12(14)13(15)16-4-2/h10-11H,3-9H2,1-2H3. The van der Waals surface area contributed by atoms with Crippen molar-refractivity contribution in [3.63, 3.8) is 0 Å². The third kappa shape index (κ3) is 3.95. The molecule has 3 heteroatoms. The van der Waals surface area contributed by atoms with E-state index in [4.69, 9.17) is 4.74 Å². The van der Waals surface area contributed by atoms with E-state index in [1.54, 1.807) is 6.92 Å². The maximum atomic E-state index is 11.5. The van der Waals surface area contributed by atoms with Crippen LogP contribution in [0.4, 0.5) is 0 Å². The van der Waals surface area contributed by atoms with E-state index in [-0.39, 0.29) is 11.7 Å². The average Bonchev–Trinajstić information content (AvgIpc) is 3.03. The van der Waals surface area contributed by atoms with Crippen LogP contribution in [-0.2, 0) is 14.3 Å². The molecule has 0 spiro atoms. The van der Waals surface area contributed by atoms with E-state index < -0.39 is 5.97 Å². The SMILES string of the molecule is CCCCCCC1CC1C(=O)C(=O)OCC. The zero-order valence-corrected chi connectivity index (χ0v) is 10.3. The Morgan fingerprint density at radius 3 is 2.56 bits per heavy atom. The number of hydrogen-bond acceptors (Lipinski definition) is 3. The molecule has 0 aromatic carbocycles. The minimum atomic E-state index is -0.636. The molecule has 0 bridgehead atoms. The van der Waals surface area contributed by atoms with Crippen molar-refractivity contribution in [1.29, 1.82) is 0 Å². The van der Waals surface area contributed by atoms with E-state index in [1.165, 1.54) is 25.7 Å². The third-order valence-electron chi connectivity index (χ3n) is 3.16. The summed E-state index contributed by atoms with van der Waals surface area (Å²) in [5, 5.41) is 0. The highest BCUT2D eigenvalue weighted by Crippen LogP contribution is 2.43. The molecule has 0 N–H and O–H groups in total. The molecule has 1 saturated carbocycles. The number of unbranched alkanes of at least 4 members (excludes halogenated alkanes) is 3. The quantitative estimate of drug-likeness (QED) is 0.363. The van der Waals surface area contributed by atoms with Crippen LogP contribution in [0.5, 0.6) is 0 Å². The highest BCUT2D eigenvalue weighted by molar-refractivity contribution is 6.35. The van der Waals surface area contributed by atoms with Crippen LogP contribution in [0.3, 0.4) is 0 Å². The molecule has 1 rings (SSSR count). The Morgan fingerprint density at radius 1 is 1.19 bits per heavy atom. The van der Waals surface area contributed by atoms with Crippen LogP contribution >= 0.6 is 0 Å². The van der Waals surface area contributed by atoms with Gasteiger partial charge in [-0.25, -0.2) is 4.79 Å². The molecule has 2 unspecified atom stereocenters. The van der Waals surface area contributed by atoms with E-state index in [9.17, 15) is 9.59 Å². The lowest BCUT2D eigenvalue weighted by Crippen LogP contribution is -2.19. The van der Waals surface area contributed by atoms with Gasteiger partial charge in [0.1, 0.15) is 0 Å². The molecule has 1 aliphatic carbocycles. The van der Waals surface area contributed by atoms with Crippen molar-refractivity contribution < 1.29 is 14.3 Å². The first-order chi connectivity index (χ1) is 7.70. The lowest BCUT2D eigenvalue weighted by atomic mass is 10.1. The first kappa shape index (κ1) is 13.2. The molecule has 0 aliphatic heterocycles. The smallest absolute Gasteiger partial charge is 0.374 e. The second-order valence-electron chi connectivity index (χ2n) is 4.54. The zero-order valence-electron chi connectivity index (χ0n) is 10.3. The van der Waals surface area contributed by atoms with Gasteiger partial charge in [0.25, 0.3) is 0 Å². The molecule has 0 aromatic heterocycles. The number of hydrogen-bond donors (Lipinski definition) is 0. The summed E-state index contributed by atoms with van der Waals surface area (Å²) in [6, 6.07) is 0. The first-order valence-corrected chi connectivity index (χ1v) is 6.41. The number of ketones is 1. The number of Topliss-reactive ketones (excluding diaryl/α,β-unsaturated/α-hetero) is 1. The molecule has 0 radical (unpaired) electrons. The van der Waals surface area contributed by atoms with E-state index >= 15 is 0 Å². The van der Waals surface area contributed by atoms with Gasteiger partial charge in [-0.3, -0.25) is 4.79 Å². The summed E-state index contributed by atoms with van der Waals surface area (Å²) >= 11 is 0. The molecule has 0 saturated heterocycles. The molecule has 0 amide bonds. The molecule has 0 heterocycles. The zero-order chi connectivity index (χ0) is 12.0. The Kier molecular flexibility index (Phi) is 5.50. The van der Waals surface area contributed by atoms with Crippen molar-refractivity contribution >= 4 is 11.8 Å². The molecular weight excluding hydrogens is 204 g/mol. The van der Waals surface area contributed by atoms with Crippen molar-refractivity contribution in [2.24, 2.45) is 11.8 Å².